The van der Waals surface area contributed by atoms with E-state index >= 15 is 0 Å². The predicted molar refractivity (Wildman–Crippen MR) is 51.1 cm³/mol. The first-order valence-electron chi connectivity index (χ1n) is 4.05. The van der Waals surface area contributed by atoms with Crippen LogP contribution in [0, 0.1) is 0 Å². The summed E-state index contributed by atoms with van der Waals surface area (Å²) >= 11 is 0. The minimum Gasteiger partial charge on any atom is -0.480 e. The van der Waals surface area contributed by atoms with Gasteiger partial charge in [0.25, 0.3) is 0 Å². The Balaban J connectivity index is 4.01. The van der Waals surface area contributed by atoms with E-state index in [-0.39, 0.29) is 6.54 Å². The summed E-state index contributed by atoms with van der Waals surface area (Å²) in [5.74, 6) is -1.96. The van der Waals surface area contributed by atoms with Crippen LogP contribution >= 0.6 is 0 Å². The number of rotatable bonds is 7. The quantitative estimate of drug-likeness (QED) is 0.359. The van der Waals surface area contributed by atoms with Gasteiger partial charge in [-0.3, -0.25) is 4.79 Å². The van der Waals surface area contributed by atoms with Crippen molar-refractivity contribution in [2.45, 2.75) is 12.5 Å². The van der Waals surface area contributed by atoms with Gasteiger partial charge < -0.3 is 16.6 Å². The molecule has 8 heteroatoms. The number of nitrogens with one attached hydrogen (secondary N) is 1. The fraction of sp³-hybridized carbons (Fsp3) is 0.833. The Morgan fingerprint density at radius 2 is 2.07 bits per heavy atom. The lowest BCUT2D eigenvalue weighted by Gasteiger charge is -2.08. The molecule has 1 atom stereocenters. The second-order valence-corrected chi connectivity index (χ2v) is 4.61. The van der Waals surface area contributed by atoms with Gasteiger partial charge in [-0.1, -0.05) is 0 Å². The van der Waals surface area contributed by atoms with Gasteiger partial charge in [-0.25, -0.2) is 13.1 Å². The average Bonchev–Trinajstić information content (AvgIpc) is 2.03. The Morgan fingerprint density at radius 1 is 1.50 bits per heavy atom. The molecule has 0 radical (unpaired) electrons. The van der Waals surface area contributed by atoms with Gasteiger partial charge in [0.15, 0.2) is 0 Å². The maximum absolute atomic E-state index is 11.1. The highest BCUT2D eigenvalue weighted by Gasteiger charge is 2.20. The van der Waals surface area contributed by atoms with Crippen molar-refractivity contribution in [3.05, 3.63) is 0 Å². The molecule has 0 aliphatic heterocycles. The van der Waals surface area contributed by atoms with Crippen molar-refractivity contribution in [3.8, 4) is 0 Å². The number of aliphatic carboxylic acids is 1. The van der Waals surface area contributed by atoms with E-state index < -0.39 is 27.8 Å². The van der Waals surface area contributed by atoms with Crippen LogP contribution in [0.4, 0.5) is 0 Å². The van der Waals surface area contributed by atoms with E-state index in [1.165, 1.54) is 0 Å². The molecule has 0 bridgehead atoms. The van der Waals surface area contributed by atoms with Gasteiger partial charge in [-0.2, -0.15) is 0 Å². The normalized spacial score (nSPS) is 13.9. The highest BCUT2D eigenvalue weighted by molar-refractivity contribution is 7.89. The van der Waals surface area contributed by atoms with Crippen LogP contribution in [0.15, 0.2) is 0 Å². The van der Waals surface area contributed by atoms with E-state index in [1.807, 2.05) is 0 Å². The van der Waals surface area contributed by atoms with E-state index in [0.717, 1.165) is 0 Å². The third-order valence-electron chi connectivity index (χ3n) is 1.42. The molecule has 0 aliphatic rings. The smallest absolute Gasteiger partial charge is 0.321 e. The summed E-state index contributed by atoms with van der Waals surface area (Å²) in [4.78, 5) is 10.3. The summed E-state index contributed by atoms with van der Waals surface area (Å²) in [6.45, 7) is 0.568. The lowest BCUT2D eigenvalue weighted by Crippen LogP contribution is -2.41. The van der Waals surface area contributed by atoms with Gasteiger partial charge in [0.1, 0.15) is 6.04 Å². The fourth-order valence-electron chi connectivity index (χ4n) is 0.696. The Kier molecular flexibility index (Phi) is 5.62. The summed E-state index contributed by atoms with van der Waals surface area (Å²) in [5.41, 5.74) is 10.2. The molecule has 0 saturated heterocycles. The van der Waals surface area contributed by atoms with E-state index in [0.29, 0.717) is 13.0 Å². The van der Waals surface area contributed by atoms with Gasteiger partial charge in [-0.15, -0.1) is 0 Å². The molecule has 0 spiro atoms. The number of carboxylic acids is 1. The number of sulfonamides is 1. The highest BCUT2D eigenvalue weighted by atomic mass is 32.2. The van der Waals surface area contributed by atoms with Crippen LogP contribution in [-0.4, -0.2) is 44.4 Å². The van der Waals surface area contributed by atoms with Crippen molar-refractivity contribution >= 4 is 16.0 Å². The molecular weight excluding hydrogens is 210 g/mol. The third kappa shape index (κ3) is 5.86. The Labute approximate surface area is 82.5 Å². The van der Waals surface area contributed by atoms with Crippen molar-refractivity contribution in [2.75, 3.05) is 18.8 Å². The molecule has 0 aromatic carbocycles. The van der Waals surface area contributed by atoms with E-state index in [1.54, 1.807) is 0 Å². The topological polar surface area (TPSA) is 136 Å². The first kappa shape index (κ1) is 13.3. The van der Waals surface area contributed by atoms with Crippen LogP contribution < -0.4 is 16.2 Å². The fourth-order valence-corrected chi connectivity index (χ4v) is 1.88. The first-order chi connectivity index (χ1) is 6.39. The van der Waals surface area contributed by atoms with Crippen molar-refractivity contribution in [1.29, 1.82) is 0 Å². The van der Waals surface area contributed by atoms with Crippen molar-refractivity contribution in [2.24, 2.45) is 11.5 Å². The van der Waals surface area contributed by atoms with Crippen molar-refractivity contribution in [3.63, 3.8) is 0 Å². The molecule has 0 unspecified atom stereocenters. The standard InChI is InChI=1S/C6H15N3O4S/c7-2-1-3-9-14(12,13)4-5(8)6(10)11/h5,9H,1-4,7-8H2,(H,10,11)/t5-/m0/s1. The van der Waals surface area contributed by atoms with E-state index in [9.17, 15) is 13.2 Å². The van der Waals surface area contributed by atoms with Gasteiger partial charge in [-0.05, 0) is 13.0 Å². The van der Waals surface area contributed by atoms with Crippen LogP contribution in [0.5, 0.6) is 0 Å². The maximum Gasteiger partial charge on any atom is 0.321 e. The van der Waals surface area contributed by atoms with Crippen molar-refractivity contribution < 1.29 is 18.3 Å². The number of hydrogen-bond acceptors (Lipinski definition) is 5. The van der Waals surface area contributed by atoms with Crippen LogP contribution in [0.25, 0.3) is 0 Å². The van der Waals surface area contributed by atoms with Crippen molar-refractivity contribution in [1.82, 2.24) is 4.72 Å². The largest absolute Gasteiger partial charge is 0.480 e. The molecule has 0 aromatic heterocycles. The molecule has 7 nitrogen and oxygen atoms in total. The molecule has 0 aliphatic carbocycles. The average molecular weight is 225 g/mol. The molecule has 14 heavy (non-hydrogen) atoms. The number of nitrogens with two attached hydrogens (primary N) is 2. The zero-order valence-corrected chi connectivity index (χ0v) is 8.46. The Hall–Kier alpha value is -0.700. The summed E-state index contributed by atoms with van der Waals surface area (Å²) in [5, 5.41) is 8.38. The minimum atomic E-state index is -3.61. The molecular formula is C6H15N3O4S. The Bertz CT molecular complexity index is 277. The molecule has 0 rings (SSSR count). The predicted octanol–water partition coefficient (Wildman–Crippen LogP) is -2.33. The van der Waals surface area contributed by atoms with Gasteiger partial charge in [0.2, 0.25) is 10.0 Å². The first-order valence-corrected chi connectivity index (χ1v) is 5.70. The monoisotopic (exact) mass is 225 g/mol. The number of carbonyl (C=O) groups is 1. The maximum atomic E-state index is 11.1. The second-order valence-electron chi connectivity index (χ2n) is 2.76. The van der Waals surface area contributed by atoms with Crippen LogP contribution in [0.3, 0.4) is 0 Å². The molecule has 0 heterocycles. The Morgan fingerprint density at radius 3 is 2.50 bits per heavy atom. The van der Waals surface area contributed by atoms with E-state index in [4.69, 9.17) is 16.6 Å². The summed E-state index contributed by atoms with van der Waals surface area (Å²) in [6.07, 6.45) is 0.502. The lowest BCUT2D eigenvalue weighted by atomic mass is 10.4. The minimum absolute atomic E-state index is 0.200. The summed E-state index contributed by atoms with van der Waals surface area (Å²) in [6, 6.07) is -1.40. The molecule has 0 saturated carbocycles. The van der Waals surface area contributed by atoms with Crippen LogP contribution in [-0.2, 0) is 14.8 Å². The molecule has 0 aromatic rings. The number of carboxylic acid groups (broad SMARTS) is 1. The molecule has 0 fully saturated rings. The molecule has 6 N–H and O–H groups in total. The number of hydrogen-bond donors (Lipinski definition) is 4. The van der Waals surface area contributed by atoms with Crippen LogP contribution in [0.2, 0.25) is 0 Å². The SMILES string of the molecule is NCCCNS(=O)(=O)C[C@H](N)C(=O)O. The summed E-state index contributed by atoms with van der Waals surface area (Å²) < 4.78 is 24.4. The van der Waals surface area contributed by atoms with E-state index in [2.05, 4.69) is 4.72 Å². The molecule has 0 amide bonds. The van der Waals surface area contributed by atoms with Gasteiger partial charge in [0, 0.05) is 6.54 Å². The van der Waals surface area contributed by atoms with Gasteiger partial charge >= 0.3 is 5.97 Å². The zero-order valence-electron chi connectivity index (χ0n) is 7.64. The molecule has 84 valence electrons. The summed E-state index contributed by atoms with van der Waals surface area (Å²) in [7, 11) is -3.61. The second kappa shape index (κ2) is 5.91. The third-order valence-corrected chi connectivity index (χ3v) is 2.86. The zero-order chi connectivity index (χ0) is 11.2. The van der Waals surface area contributed by atoms with Crippen LogP contribution in [0.1, 0.15) is 6.42 Å². The lowest BCUT2D eigenvalue weighted by molar-refractivity contribution is -0.137. The highest BCUT2D eigenvalue weighted by Crippen LogP contribution is 1.89. The van der Waals surface area contributed by atoms with Gasteiger partial charge in [0.05, 0.1) is 5.75 Å².